The Kier molecular flexibility index (Phi) is 8.13. The quantitative estimate of drug-likeness (QED) is 0.617. The van der Waals surface area contributed by atoms with Crippen molar-refractivity contribution < 1.29 is 9.53 Å². The zero-order valence-electron chi connectivity index (χ0n) is 16.6. The van der Waals surface area contributed by atoms with Crippen molar-refractivity contribution in [2.45, 2.75) is 40.7 Å². The van der Waals surface area contributed by atoms with E-state index >= 15 is 0 Å². The number of amides is 1. The van der Waals surface area contributed by atoms with Crippen LogP contribution in [-0.2, 0) is 16.1 Å². The van der Waals surface area contributed by atoms with E-state index in [9.17, 15) is 4.79 Å². The normalized spacial score (nSPS) is 11.6. The van der Waals surface area contributed by atoms with Crippen LogP contribution in [0.4, 0.5) is 5.69 Å². The first-order chi connectivity index (χ1) is 12.5. The Morgan fingerprint density at radius 3 is 2.69 bits per heavy atom. The van der Waals surface area contributed by atoms with Crippen LogP contribution in [0.25, 0.3) is 10.9 Å². The number of ether oxygens (including phenoxy) is 1. The number of benzene rings is 1. The highest BCUT2D eigenvalue weighted by atomic mass is 16.5. The van der Waals surface area contributed by atoms with Gasteiger partial charge in [-0.25, -0.2) is 0 Å². The predicted molar refractivity (Wildman–Crippen MR) is 109 cm³/mol. The second-order valence-electron chi connectivity index (χ2n) is 7.08. The van der Waals surface area contributed by atoms with Crippen LogP contribution in [0.3, 0.4) is 0 Å². The van der Waals surface area contributed by atoms with Crippen molar-refractivity contribution in [3.63, 3.8) is 0 Å². The number of hydrogen-bond donors (Lipinski definition) is 1. The van der Waals surface area contributed by atoms with Gasteiger partial charge in [0.2, 0.25) is 5.91 Å². The molecule has 0 fully saturated rings. The summed E-state index contributed by atoms with van der Waals surface area (Å²) in [4.78, 5) is 14.5. The summed E-state index contributed by atoms with van der Waals surface area (Å²) >= 11 is 0. The number of aromatic nitrogens is 1. The van der Waals surface area contributed by atoms with Crippen LogP contribution in [0.1, 0.15) is 34.1 Å². The summed E-state index contributed by atoms with van der Waals surface area (Å²) in [5.74, 6) is 0.486. The van der Waals surface area contributed by atoms with Gasteiger partial charge in [0.05, 0.1) is 13.0 Å². The van der Waals surface area contributed by atoms with Crippen molar-refractivity contribution in [3.8, 4) is 0 Å². The van der Waals surface area contributed by atoms with E-state index in [0.717, 1.165) is 37.3 Å². The Labute approximate surface area is 157 Å². The molecule has 0 radical (unpaired) electrons. The molecular formula is C21H33N3O2. The molecule has 0 aliphatic carbocycles. The number of rotatable bonds is 11. The summed E-state index contributed by atoms with van der Waals surface area (Å²) in [6.07, 6.45) is 2.51. The van der Waals surface area contributed by atoms with Crippen LogP contribution in [0.15, 0.2) is 30.5 Å². The topological polar surface area (TPSA) is 46.5 Å². The lowest BCUT2D eigenvalue weighted by molar-refractivity contribution is -0.117. The van der Waals surface area contributed by atoms with Gasteiger partial charge in [-0.3, -0.25) is 4.79 Å². The molecule has 0 bridgehead atoms. The molecule has 0 spiro atoms. The molecule has 144 valence electrons. The fourth-order valence-corrected chi connectivity index (χ4v) is 2.97. The van der Waals surface area contributed by atoms with E-state index in [2.05, 4.69) is 60.8 Å². The fraction of sp³-hybridized carbons (Fsp3) is 0.571. The van der Waals surface area contributed by atoms with E-state index in [1.54, 1.807) is 0 Å². The van der Waals surface area contributed by atoms with Gasteiger partial charge in [0.25, 0.3) is 0 Å². The third kappa shape index (κ3) is 6.15. The molecular weight excluding hydrogens is 326 g/mol. The van der Waals surface area contributed by atoms with Gasteiger partial charge in [0, 0.05) is 42.5 Å². The van der Waals surface area contributed by atoms with Crippen LogP contribution < -0.4 is 5.32 Å². The summed E-state index contributed by atoms with van der Waals surface area (Å²) in [6.45, 7) is 13.9. The van der Waals surface area contributed by atoms with E-state index in [-0.39, 0.29) is 5.91 Å². The van der Waals surface area contributed by atoms with Crippen LogP contribution >= 0.6 is 0 Å². The molecule has 2 rings (SSSR count). The summed E-state index contributed by atoms with van der Waals surface area (Å²) < 4.78 is 7.75. The van der Waals surface area contributed by atoms with Crippen LogP contribution in [0.2, 0.25) is 0 Å². The number of nitrogens with one attached hydrogen (secondary N) is 1. The highest BCUT2D eigenvalue weighted by Gasteiger charge is 2.07. The molecule has 1 aromatic carbocycles. The Bertz CT molecular complexity index is 690. The van der Waals surface area contributed by atoms with Gasteiger partial charge in [0.15, 0.2) is 0 Å². The number of likely N-dealkylation sites (N-methyl/N-ethyl adjacent to an activating group) is 1. The minimum Gasteiger partial charge on any atom is -0.381 e. The van der Waals surface area contributed by atoms with Gasteiger partial charge in [-0.15, -0.1) is 0 Å². The molecule has 1 N–H and O–H groups in total. The molecule has 26 heavy (non-hydrogen) atoms. The number of carbonyl (C=O) groups excluding carboxylic acids is 1. The maximum absolute atomic E-state index is 12.0. The maximum Gasteiger partial charge on any atom is 0.226 e. The third-order valence-electron chi connectivity index (χ3n) is 4.53. The van der Waals surface area contributed by atoms with Gasteiger partial charge in [-0.05, 0) is 43.3 Å². The lowest BCUT2D eigenvalue weighted by Crippen LogP contribution is -2.26. The molecule has 1 aromatic heterocycles. The number of nitrogens with zero attached hydrogens (tertiary/aromatic N) is 2. The van der Waals surface area contributed by atoms with Crippen molar-refractivity contribution in [3.05, 3.63) is 30.5 Å². The zero-order valence-corrected chi connectivity index (χ0v) is 16.6. The Hall–Kier alpha value is -1.85. The van der Waals surface area contributed by atoms with Crippen molar-refractivity contribution >= 4 is 22.5 Å². The summed E-state index contributed by atoms with van der Waals surface area (Å²) in [5.41, 5.74) is 2.04. The van der Waals surface area contributed by atoms with Crippen molar-refractivity contribution in [1.82, 2.24) is 9.47 Å². The van der Waals surface area contributed by atoms with E-state index in [4.69, 9.17) is 4.74 Å². The van der Waals surface area contributed by atoms with E-state index < -0.39 is 0 Å². The number of fused-ring (bicyclic) bond motifs is 1. The first-order valence-corrected chi connectivity index (χ1v) is 9.72. The minimum absolute atomic E-state index is 0.00549. The SMILES string of the molecule is CCN(CC)CCn1ccc2cc(NC(=O)CCOCC(C)C)ccc21. The van der Waals surface area contributed by atoms with Gasteiger partial charge < -0.3 is 19.5 Å². The standard InChI is InChI=1S/C21H33N3O2/c1-5-23(6-2)12-13-24-11-9-18-15-19(7-8-20(18)24)22-21(25)10-14-26-16-17(3)4/h7-9,11,15,17H,5-6,10,12-14,16H2,1-4H3,(H,22,25). The average Bonchev–Trinajstić information content (AvgIpc) is 3.02. The molecule has 1 amide bonds. The molecule has 0 saturated carbocycles. The summed E-state index contributed by atoms with van der Waals surface area (Å²) in [6, 6.07) is 8.21. The highest BCUT2D eigenvalue weighted by Crippen LogP contribution is 2.21. The molecule has 0 atom stereocenters. The van der Waals surface area contributed by atoms with E-state index in [1.807, 2.05) is 12.1 Å². The molecule has 0 aliphatic heterocycles. The number of anilines is 1. The number of carbonyl (C=O) groups is 1. The zero-order chi connectivity index (χ0) is 18.9. The monoisotopic (exact) mass is 359 g/mol. The number of hydrogen-bond acceptors (Lipinski definition) is 3. The smallest absolute Gasteiger partial charge is 0.226 e. The second kappa shape index (κ2) is 10.3. The fourth-order valence-electron chi connectivity index (χ4n) is 2.97. The third-order valence-corrected chi connectivity index (χ3v) is 4.53. The lowest BCUT2D eigenvalue weighted by atomic mass is 10.2. The Balaban J connectivity index is 1.90. The Morgan fingerprint density at radius 1 is 1.23 bits per heavy atom. The highest BCUT2D eigenvalue weighted by molar-refractivity contribution is 5.93. The first kappa shape index (κ1) is 20.5. The Morgan fingerprint density at radius 2 is 2.00 bits per heavy atom. The minimum atomic E-state index is -0.00549. The second-order valence-corrected chi connectivity index (χ2v) is 7.08. The maximum atomic E-state index is 12.0. The van der Waals surface area contributed by atoms with E-state index in [0.29, 0.717) is 25.6 Å². The van der Waals surface area contributed by atoms with Gasteiger partial charge in [-0.2, -0.15) is 0 Å². The molecule has 5 nitrogen and oxygen atoms in total. The predicted octanol–water partition coefficient (Wildman–Crippen LogP) is 3.98. The van der Waals surface area contributed by atoms with Crippen LogP contribution in [0.5, 0.6) is 0 Å². The van der Waals surface area contributed by atoms with Gasteiger partial charge in [-0.1, -0.05) is 27.7 Å². The molecule has 0 unspecified atom stereocenters. The first-order valence-electron chi connectivity index (χ1n) is 9.72. The van der Waals surface area contributed by atoms with Crippen molar-refractivity contribution in [1.29, 1.82) is 0 Å². The molecule has 0 aliphatic rings. The van der Waals surface area contributed by atoms with E-state index in [1.165, 1.54) is 5.52 Å². The average molecular weight is 360 g/mol. The molecule has 1 heterocycles. The molecule has 2 aromatic rings. The van der Waals surface area contributed by atoms with Gasteiger partial charge >= 0.3 is 0 Å². The lowest BCUT2D eigenvalue weighted by Gasteiger charge is -2.18. The largest absolute Gasteiger partial charge is 0.381 e. The summed E-state index contributed by atoms with van der Waals surface area (Å²) in [7, 11) is 0. The van der Waals surface area contributed by atoms with Crippen LogP contribution in [-0.4, -0.2) is 48.2 Å². The molecule has 5 heteroatoms. The van der Waals surface area contributed by atoms with Crippen LogP contribution in [0, 0.1) is 5.92 Å². The summed E-state index contributed by atoms with van der Waals surface area (Å²) in [5, 5.41) is 4.11. The molecule has 0 saturated heterocycles. The van der Waals surface area contributed by atoms with Crippen molar-refractivity contribution in [2.75, 3.05) is 38.2 Å². The van der Waals surface area contributed by atoms with Gasteiger partial charge in [0.1, 0.15) is 0 Å². The van der Waals surface area contributed by atoms with Crippen molar-refractivity contribution in [2.24, 2.45) is 5.92 Å².